The summed E-state index contributed by atoms with van der Waals surface area (Å²) in [6, 6.07) is 14.3. The highest BCUT2D eigenvalue weighted by Gasteiger charge is 2.53. The van der Waals surface area contributed by atoms with Crippen LogP contribution in [0.4, 0.5) is 15.3 Å². The summed E-state index contributed by atoms with van der Waals surface area (Å²) in [6.07, 6.45) is -1.00. The average Bonchev–Trinajstić information content (AvgIpc) is 2.88. The molecule has 5 amide bonds. The number of aliphatic hydroxyl groups is 1. The molecule has 2 aromatic carbocycles. The molecule has 0 spiro atoms. The van der Waals surface area contributed by atoms with Gasteiger partial charge in [-0.05, 0) is 36.8 Å². The zero-order valence-electron chi connectivity index (χ0n) is 15.0. The summed E-state index contributed by atoms with van der Waals surface area (Å²) in [5, 5.41) is 16.1. The molecular weight excluding hydrogens is 428 g/mol. The molecule has 9 heteroatoms. The number of benzene rings is 2. The second-order valence-corrected chi connectivity index (χ2v) is 7.47. The van der Waals surface area contributed by atoms with E-state index in [9.17, 15) is 19.5 Å². The van der Waals surface area contributed by atoms with Gasteiger partial charge in [-0.2, -0.15) is 5.01 Å². The Kier molecular flexibility index (Phi) is 5.66. The molecule has 1 heterocycles. The van der Waals surface area contributed by atoms with Crippen molar-refractivity contribution >= 4 is 39.6 Å². The zero-order valence-corrected chi connectivity index (χ0v) is 16.6. The van der Waals surface area contributed by atoms with Crippen LogP contribution in [0.3, 0.4) is 0 Å². The van der Waals surface area contributed by atoms with Crippen molar-refractivity contribution < 1.29 is 19.5 Å². The van der Waals surface area contributed by atoms with E-state index >= 15 is 0 Å². The lowest BCUT2D eigenvalue weighted by molar-refractivity contribution is -0.135. The number of halogens is 1. The first-order valence-electron chi connectivity index (χ1n) is 8.51. The molecule has 1 aliphatic heterocycles. The summed E-state index contributed by atoms with van der Waals surface area (Å²) < 4.78 is 0.843. The van der Waals surface area contributed by atoms with Crippen molar-refractivity contribution in [1.29, 1.82) is 0 Å². The number of rotatable bonds is 5. The van der Waals surface area contributed by atoms with Gasteiger partial charge in [0.05, 0.1) is 6.10 Å². The molecule has 0 bridgehead atoms. The Hall–Kier alpha value is -2.91. The lowest BCUT2D eigenvalue weighted by Gasteiger charge is -2.27. The summed E-state index contributed by atoms with van der Waals surface area (Å²) >= 11 is 3.29. The van der Waals surface area contributed by atoms with Gasteiger partial charge in [-0.1, -0.05) is 46.3 Å². The fourth-order valence-electron chi connectivity index (χ4n) is 2.82. The topological polar surface area (TPSA) is 111 Å². The first-order chi connectivity index (χ1) is 13.3. The minimum Gasteiger partial charge on any atom is -0.390 e. The van der Waals surface area contributed by atoms with Crippen LogP contribution in [0.1, 0.15) is 12.5 Å². The Morgan fingerprint density at radius 1 is 1.18 bits per heavy atom. The lowest BCUT2D eigenvalue weighted by atomic mass is 9.90. The number of hydrogen-bond acceptors (Lipinski definition) is 4. The number of urea groups is 2. The molecule has 0 saturated carbocycles. The molecule has 2 aromatic rings. The summed E-state index contributed by atoms with van der Waals surface area (Å²) in [5.41, 5.74) is 1.96. The molecule has 146 valence electrons. The fraction of sp³-hybridized carbons (Fsp3) is 0.211. The zero-order chi connectivity index (χ0) is 20.3. The van der Waals surface area contributed by atoms with Gasteiger partial charge < -0.3 is 15.7 Å². The quantitative estimate of drug-likeness (QED) is 0.528. The Morgan fingerprint density at radius 3 is 2.46 bits per heavy atom. The number of nitrogens with zero attached hydrogens (tertiary/aromatic N) is 1. The maximum Gasteiger partial charge on any atom is 0.344 e. The first kappa shape index (κ1) is 19.8. The molecular formula is C19H19BrN4O4. The predicted molar refractivity (Wildman–Crippen MR) is 106 cm³/mol. The number of hydrogen-bond donors (Lipinski definition) is 4. The number of imide groups is 1. The molecule has 0 aliphatic carbocycles. The highest BCUT2D eigenvalue weighted by molar-refractivity contribution is 9.10. The lowest BCUT2D eigenvalue weighted by Crippen LogP contribution is -2.56. The second kappa shape index (κ2) is 7.99. The minimum atomic E-state index is -1.56. The first-order valence-corrected chi connectivity index (χ1v) is 9.31. The van der Waals surface area contributed by atoms with Gasteiger partial charge in [-0.15, -0.1) is 0 Å². The third-order valence-corrected chi connectivity index (χ3v) is 5.00. The van der Waals surface area contributed by atoms with E-state index in [-0.39, 0.29) is 6.42 Å². The highest BCUT2D eigenvalue weighted by Crippen LogP contribution is 2.23. The van der Waals surface area contributed by atoms with Gasteiger partial charge in [0.25, 0.3) is 5.91 Å². The van der Waals surface area contributed by atoms with Crippen LogP contribution in [0.15, 0.2) is 59.1 Å². The standard InChI is InChI=1S/C19H19BrN4O4/c1-19(15(25)11-12-5-3-2-4-6-12)16(26)24(18(28)22-19)23-17(27)21-14-9-7-13(20)8-10-14/h2-10,15,25H,11H2,1H3,(H,22,28)(H2,21,23,27). The third kappa shape index (κ3) is 4.15. The summed E-state index contributed by atoms with van der Waals surface area (Å²) in [6.45, 7) is 1.43. The van der Waals surface area contributed by atoms with Gasteiger partial charge >= 0.3 is 12.1 Å². The van der Waals surface area contributed by atoms with Crippen LogP contribution in [0.5, 0.6) is 0 Å². The van der Waals surface area contributed by atoms with E-state index in [0.29, 0.717) is 10.7 Å². The van der Waals surface area contributed by atoms with Crippen LogP contribution in [0.2, 0.25) is 0 Å². The molecule has 8 nitrogen and oxygen atoms in total. The van der Waals surface area contributed by atoms with Crippen LogP contribution >= 0.6 is 15.9 Å². The van der Waals surface area contributed by atoms with Crippen molar-refractivity contribution in [3.63, 3.8) is 0 Å². The molecule has 28 heavy (non-hydrogen) atoms. The van der Waals surface area contributed by atoms with Crippen LogP contribution in [0.25, 0.3) is 0 Å². The van der Waals surface area contributed by atoms with Crippen LogP contribution in [-0.4, -0.2) is 39.7 Å². The predicted octanol–water partition coefficient (Wildman–Crippen LogP) is 2.40. The average molecular weight is 447 g/mol. The molecule has 4 N–H and O–H groups in total. The van der Waals surface area contributed by atoms with E-state index in [0.717, 1.165) is 10.0 Å². The monoisotopic (exact) mass is 446 g/mol. The number of hydrazine groups is 1. The smallest absolute Gasteiger partial charge is 0.344 e. The van der Waals surface area contributed by atoms with Crippen molar-refractivity contribution in [2.75, 3.05) is 5.32 Å². The van der Waals surface area contributed by atoms with E-state index in [1.165, 1.54) is 6.92 Å². The summed E-state index contributed by atoms with van der Waals surface area (Å²) in [5.74, 6) is -0.744. The van der Waals surface area contributed by atoms with E-state index < -0.39 is 29.6 Å². The Balaban J connectivity index is 1.66. The van der Waals surface area contributed by atoms with Crippen molar-refractivity contribution in [3.05, 3.63) is 64.6 Å². The maximum atomic E-state index is 12.7. The van der Waals surface area contributed by atoms with Gasteiger partial charge in [0, 0.05) is 16.6 Å². The van der Waals surface area contributed by atoms with Crippen molar-refractivity contribution in [3.8, 4) is 0 Å². The number of aliphatic hydroxyl groups excluding tert-OH is 1. The SMILES string of the molecule is CC1(C(O)Cc2ccccc2)NC(=O)N(NC(=O)Nc2ccc(Br)cc2)C1=O. The number of carbonyl (C=O) groups is 3. The van der Waals surface area contributed by atoms with E-state index in [2.05, 4.69) is 32.0 Å². The van der Waals surface area contributed by atoms with Gasteiger partial charge in [-0.3, -0.25) is 4.79 Å². The minimum absolute atomic E-state index is 0.169. The van der Waals surface area contributed by atoms with E-state index in [1.54, 1.807) is 24.3 Å². The third-order valence-electron chi connectivity index (χ3n) is 4.47. The van der Waals surface area contributed by atoms with E-state index in [4.69, 9.17) is 0 Å². The van der Waals surface area contributed by atoms with Crippen molar-refractivity contribution in [1.82, 2.24) is 15.8 Å². The fourth-order valence-corrected chi connectivity index (χ4v) is 3.08. The molecule has 0 radical (unpaired) electrons. The normalized spacial score (nSPS) is 19.9. The van der Waals surface area contributed by atoms with E-state index in [1.807, 2.05) is 30.3 Å². The van der Waals surface area contributed by atoms with Gasteiger partial charge in [0.1, 0.15) is 5.54 Å². The number of amides is 5. The molecule has 0 aromatic heterocycles. The molecule has 1 saturated heterocycles. The molecule has 2 unspecified atom stereocenters. The van der Waals surface area contributed by atoms with Gasteiger partial charge in [0.15, 0.2) is 0 Å². The number of nitrogens with one attached hydrogen (secondary N) is 3. The molecule has 1 aliphatic rings. The highest BCUT2D eigenvalue weighted by atomic mass is 79.9. The second-order valence-electron chi connectivity index (χ2n) is 6.55. The maximum absolute atomic E-state index is 12.7. The Morgan fingerprint density at radius 2 is 1.82 bits per heavy atom. The van der Waals surface area contributed by atoms with Gasteiger partial charge in [-0.25, -0.2) is 15.0 Å². The van der Waals surface area contributed by atoms with Crippen LogP contribution in [-0.2, 0) is 11.2 Å². The molecule has 1 fully saturated rings. The largest absolute Gasteiger partial charge is 0.390 e. The number of anilines is 1. The Labute approximate surface area is 170 Å². The van der Waals surface area contributed by atoms with Crippen molar-refractivity contribution in [2.45, 2.75) is 25.0 Å². The van der Waals surface area contributed by atoms with Gasteiger partial charge in [0.2, 0.25) is 0 Å². The Bertz CT molecular complexity index is 891. The summed E-state index contributed by atoms with van der Waals surface area (Å²) in [7, 11) is 0. The van der Waals surface area contributed by atoms with Crippen LogP contribution < -0.4 is 16.1 Å². The molecule has 2 atom stereocenters. The number of carbonyl (C=O) groups excluding carboxylic acids is 3. The molecule has 3 rings (SSSR count). The van der Waals surface area contributed by atoms with Crippen LogP contribution in [0, 0.1) is 0 Å². The summed E-state index contributed by atoms with van der Waals surface area (Å²) in [4.78, 5) is 37.1. The van der Waals surface area contributed by atoms with Crippen molar-refractivity contribution in [2.24, 2.45) is 0 Å².